The summed E-state index contributed by atoms with van der Waals surface area (Å²) in [4.78, 5) is 22.2. The summed E-state index contributed by atoms with van der Waals surface area (Å²) in [5.41, 5.74) is 0.452. The Morgan fingerprint density at radius 3 is 1.87 bits per heavy atom. The summed E-state index contributed by atoms with van der Waals surface area (Å²) in [5, 5.41) is 3.03. The van der Waals surface area contributed by atoms with Crippen LogP contribution in [0.1, 0.15) is 23.0 Å². The summed E-state index contributed by atoms with van der Waals surface area (Å²) in [6.45, 7) is 0.805. The first-order chi connectivity index (χ1) is 18.8. The number of benzene rings is 3. The zero-order chi connectivity index (χ0) is 27.7. The molecule has 39 heavy (non-hydrogen) atoms. The van der Waals surface area contributed by atoms with Gasteiger partial charge in [0.1, 0.15) is 5.71 Å². The lowest BCUT2D eigenvalue weighted by atomic mass is 9.51. The minimum Gasteiger partial charge on any atom is -0.388 e. The number of pyridine rings is 1. The van der Waals surface area contributed by atoms with Gasteiger partial charge in [-0.3, -0.25) is 9.78 Å². The average molecular weight is 525 g/mol. The number of carbonyl (C=O) groups excluding carboxylic acids is 1. The lowest BCUT2D eigenvalue weighted by Crippen LogP contribution is -2.44. The molecule has 0 radical (unpaired) electrons. The summed E-state index contributed by atoms with van der Waals surface area (Å²) in [5.74, 6) is -0.755. The fourth-order valence-corrected chi connectivity index (χ4v) is 4.22. The van der Waals surface area contributed by atoms with Gasteiger partial charge in [0.25, 0.3) is 0 Å². The number of aromatic nitrogens is 1. The second-order valence-electron chi connectivity index (χ2n) is 8.89. The molecule has 0 spiro atoms. The van der Waals surface area contributed by atoms with Gasteiger partial charge in [-0.25, -0.2) is 0 Å². The number of halogens is 3. The quantitative estimate of drug-likeness (QED) is 0.134. The normalized spacial score (nSPS) is 12.5. The first kappa shape index (κ1) is 27.6. The number of carbonyl (C=O) groups is 1. The highest BCUT2D eigenvalue weighted by atomic mass is 19.4. The fourth-order valence-electron chi connectivity index (χ4n) is 4.22. The molecule has 1 heterocycles. The minimum atomic E-state index is -4.90. The number of Topliss-reactive ketones (excluding diaryl/α,β-unsaturated/α-hetero) is 1. The number of hydrogen-bond donors (Lipinski definition) is 1. The first-order valence-corrected chi connectivity index (χ1v) is 12.5. The van der Waals surface area contributed by atoms with Crippen LogP contribution in [0, 0.1) is 0 Å². The van der Waals surface area contributed by atoms with Crippen molar-refractivity contribution in [2.24, 2.45) is 4.90 Å². The molecule has 0 fully saturated rings. The Labute approximate surface area is 226 Å². The number of ketones is 1. The molecule has 8 heteroatoms. The molecule has 3 aromatic carbocycles. The van der Waals surface area contributed by atoms with Crippen molar-refractivity contribution in [1.82, 2.24) is 10.3 Å². The molecule has 1 aromatic heterocycles. The average Bonchev–Trinajstić information content (AvgIpc) is 2.96. The molecule has 0 amide bonds. The van der Waals surface area contributed by atoms with E-state index in [1.807, 2.05) is 12.1 Å². The molecule has 0 unspecified atom stereocenters. The van der Waals surface area contributed by atoms with Crippen molar-refractivity contribution in [2.75, 3.05) is 6.54 Å². The van der Waals surface area contributed by atoms with Gasteiger partial charge in [0.15, 0.2) is 5.78 Å². The summed E-state index contributed by atoms with van der Waals surface area (Å²) >= 11 is 0. The van der Waals surface area contributed by atoms with E-state index in [0.29, 0.717) is 23.9 Å². The maximum absolute atomic E-state index is 14.8. The molecule has 4 nitrogen and oxygen atoms in total. The van der Waals surface area contributed by atoms with Crippen LogP contribution in [0.3, 0.4) is 0 Å². The van der Waals surface area contributed by atoms with Gasteiger partial charge in [0, 0.05) is 36.1 Å². The Kier molecular flexibility index (Phi) is 9.10. The number of allylic oxidation sites excluding steroid dienone is 2. The van der Waals surface area contributed by atoms with E-state index >= 15 is 0 Å². The Hall–Kier alpha value is -4.46. The summed E-state index contributed by atoms with van der Waals surface area (Å²) < 4.78 is 44.5. The van der Waals surface area contributed by atoms with Crippen LogP contribution < -0.4 is 16.2 Å². The standard InChI is InChI=1S/C31H27BF3N3O/c1-23(36-22-20-27-19-11-12-21-37-27)28(29(39)24-13-5-2-6-14-24)30(31(33,34)35)38-32(25-15-7-3-8-16-25)26-17-9-4-10-18-26/h2-19,21,36H,20,22H2,1H3/b28-23-,38-30+. The van der Waals surface area contributed by atoms with E-state index in [4.69, 9.17) is 0 Å². The monoisotopic (exact) mass is 525 g/mol. The summed E-state index contributed by atoms with van der Waals surface area (Å²) in [6, 6.07) is 31.0. The molecular weight excluding hydrogens is 498 g/mol. The van der Waals surface area contributed by atoms with Crippen molar-refractivity contribution >= 4 is 29.3 Å². The van der Waals surface area contributed by atoms with E-state index < -0.39 is 30.1 Å². The second-order valence-corrected chi connectivity index (χ2v) is 8.89. The van der Waals surface area contributed by atoms with Gasteiger partial charge in [-0.05, 0) is 30.0 Å². The van der Waals surface area contributed by atoms with E-state index in [-0.39, 0.29) is 11.3 Å². The molecule has 0 aliphatic carbocycles. The zero-order valence-corrected chi connectivity index (χ0v) is 21.4. The molecule has 0 aliphatic heterocycles. The van der Waals surface area contributed by atoms with Crippen LogP contribution in [0.5, 0.6) is 0 Å². The third-order valence-electron chi connectivity index (χ3n) is 6.13. The fraction of sp³-hybridized carbons (Fsp3) is 0.129. The predicted octanol–water partition coefficient (Wildman–Crippen LogP) is 5.18. The van der Waals surface area contributed by atoms with Gasteiger partial charge in [-0.1, -0.05) is 97.1 Å². The van der Waals surface area contributed by atoms with Crippen LogP contribution >= 0.6 is 0 Å². The maximum atomic E-state index is 14.8. The van der Waals surface area contributed by atoms with Gasteiger partial charge < -0.3 is 10.2 Å². The van der Waals surface area contributed by atoms with Crippen molar-refractivity contribution in [3.05, 3.63) is 138 Å². The number of nitrogens with zero attached hydrogens (tertiary/aromatic N) is 2. The lowest BCUT2D eigenvalue weighted by Gasteiger charge is -2.20. The van der Waals surface area contributed by atoms with Crippen molar-refractivity contribution in [1.29, 1.82) is 0 Å². The molecular formula is C31H27BF3N3O. The van der Waals surface area contributed by atoms with Crippen molar-refractivity contribution in [3.63, 3.8) is 0 Å². The molecule has 0 atom stereocenters. The summed E-state index contributed by atoms with van der Waals surface area (Å²) in [7, 11) is 0. The Morgan fingerprint density at radius 1 is 0.821 bits per heavy atom. The second kappa shape index (κ2) is 12.9. The van der Waals surface area contributed by atoms with Crippen LogP contribution in [0.4, 0.5) is 13.2 Å². The molecule has 0 saturated carbocycles. The topological polar surface area (TPSA) is 54.4 Å². The van der Waals surface area contributed by atoms with Crippen LogP contribution in [0.25, 0.3) is 0 Å². The van der Waals surface area contributed by atoms with Crippen LogP contribution in [-0.2, 0) is 6.42 Å². The van der Waals surface area contributed by atoms with Gasteiger partial charge in [-0.15, -0.1) is 0 Å². The molecule has 1 N–H and O–H groups in total. The zero-order valence-electron chi connectivity index (χ0n) is 21.4. The van der Waals surface area contributed by atoms with E-state index in [2.05, 4.69) is 15.2 Å². The maximum Gasteiger partial charge on any atom is 0.432 e. The lowest BCUT2D eigenvalue weighted by molar-refractivity contribution is -0.0581. The molecule has 0 saturated heterocycles. The van der Waals surface area contributed by atoms with Crippen LogP contribution in [-0.4, -0.2) is 36.0 Å². The smallest absolute Gasteiger partial charge is 0.388 e. The van der Waals surface area contributed by atoms with Crippen molar-refractivity contribution < 1.29 is 18.0 Å². The Balaban J connectivity index is 1.84. The van der Waals surface area contributed by atoms with Gasteiger partial charge in [0.05, 0.1) is 5.57 Å². The predicted molar refractivity (Wildman–Crippen MR) is 151 cm³/mol. The highest BCUT2D eigenvalue weighted by molar-refractivity contribution is 6.84. The molecule has 0 aliphatic rings. The number of hydrogen-bond acceptors (Lipinski definition) is 4. The first-order valence-electron chi connectivity index (χ1n) is 12.5. The third-order valence-corrected chi connectivity index (χ3v) is 6.13. The van der Waals surface area contributed by atoms with Gasteiger partial charge in [0.2, 0.25) is 0 Å². The number of rotatable bonds is 10. The molecule has 4 aromatic rings. The van der Waals surface area contributed by atoms with Gasteiger partial charge in [-0.2, -0.15) is 13.2 Å². The van der Waals surface area contributed by atoms with E-state index in [0.717, 1.165) is 5.69 Å². The Bertz CT molecular complexity index is 1390. The number of alkyl halides is 3. The highest BCUT2D eigenvalue weighted by Gasteiger charge is 2.42. The third kappa shape index (κ3) is 7.32. The Morgan fingerprint density at radius 2 is 1.36 bits per heavy atom. The van der Waals surface area contributed by atoms with Crippen LogP contribution in [0.2, 0.25) is 0 Å². The van der Waals surface area contributed by atoms with E-state index in [1.165, 1.54) is 19.1 Å². The van der Waals surface area contributed by atoms with E-state index in [9.17, 15) is 18.0 Å². The SMILES string of the molecule is C/C(NCCc1ccccn1)=C(C(=O)c1ccccc1)/C(=N\B(c1ccccc1)c1ccccc1)C(F)(F)F. The molecule has 0 bridgehead atoms. The largest absolute Gasteiger partial charge is 0.432 e. The minimum absolute atomic E-state index is 0.0933. The molecule has 196 valence electrons. The van der Waals surface area contributed by atoms with Gasteiger partial charge >= 0.3 is 13.0 Å². The number of nitrogens with one attached hydrogen (secondary N) is 1. The van der Waals surface area contributed by atoms with Crippen molar-refractivity contribution in [3.8, 4) is 0 Å². The van der Waals surface area contributed by atoms with Crippen molar-refractivity contribution in [2.45, 2.75) is 19.5 Å². The highest BCUT2D eigenvalue weighted by Crippen LogP contribution is 2.27. The van der Waals surface area contributed by atoms with Crippen LogP contribution in [0.15, 0.2) is 132 Å². The van der Waals surface area contributed by atoms with E-state index in [1.54, 1.807) is 91.1 Å². The molecule has 4 rings (SSSR count). The summed E-state index contributed by atoms with van der Waals surface area (Å²) in [6.07, 6.45) is -2.77.